The van der Waals surface area contributed by atoms with Gasteiger partial charge in [-0.2, -0.15) is 0 Å². The minimum atomic E-state index is -0.430. The minimum Gasteiger partial charge on any atom is -0.369 e. The molecule has 0 aromatic carbocycles. The molecule has 0 bridgehead atoms. The summed E-state index contributed by atoms with van der Waals surface area (Å²) in [7, 11) is 0. The predicted octanol–water partition coefficient (Wildman–Crippen LogP) is 0.259. The second-order valence-electron chi connectivity index (χ2n) is 4.53. The first kappa shape index (κ1) is 14.2. The summed E-state index contributed by atoms with van der Waals surface area (Å²) in [5, 5.41) is 5.79. The second kappa shape index (κ2) is 6.31. The normalized spacial score (nSPS) is 18.6. The number of hydrogen-bond acceptors (Lipinski definition) is 5. The standard InChI is InChI=1S/C13H19N5O2/c1-3-10-12(19)16-5-6-18(10)13(20)9-7-14-8-11(17-9)15-4-2/h7-8,10H,3-6H2,1-2H3,(H,15,17)(H,16,19). The molecule has 0 spiro atoms. The van der Waals surface area contributed by atoms with Crippen LogP contribution in [0.3, 0.4) is 0 Å². The van der Waals surface area contributed by atoms with Crippen molar-refractivity contribution in [2.75, 3.05) is 25.0 Å². The van der Waals surface area contributed by atoms with Crippen LogP contribution in [-0.4, -0.2) is 52.4 Å². The summed E-state index contributed by atoms with van der Waals surface area (Å²) in [6.45, 7) is 5.50. The van der Waals surface area contributed by atoms with E-state index in [4.69, 9.17) is 0 Å². The number of nitrogens with zero attached hydrogens (tertiary/aromatic N) is 3. The van der Waals surface area contributed by atoms with Gasteiger partial charge in [-0.25, -0.2) is 4.98 Å². The molecule has 20 heavy (non-hydrogen) atoms. The topological polar surface area (TPSA) is 87.2 Å². The van der Waals surface area contributed by atoms with Crippen molar-refractivity contribution >= 4 is 17.6 Å². The summed E-state index contributed by atoms with van der Waals surface area (Å²) in [5.41, 5.74) is 0.261. The van der Waals surface area contributed by atoms with Gasteiger partial charge in [-0.3, -0.25) is 14.6 Å². The summed E-state index contributed by atoms with van der Waals surface area (Å²) in [5.74, 6) is 0.203. The number of amides is 2. The van der Waals surface area contributed by atoms with Gasteiger partial charge in [0, 0.05) is 19.6 Å². The Morgan fingerprint density at radius 1 is 1.50 bits per heavy atom. The highest BCUT2D eigenvalue weighted by molar-refractivity contribution is 5.96. The van der Waals surface area contributed by atoms with Crippen molar-refractivity contribution in [3.05, 3.63) is 18.1 Å². The molecular formula is C13H19N5O2. The van der Waals surface area contributed by atoms with Gasteiger partial charge in [0.1, 0.15) is 17.6 Å². The lowest BCUT2D eigenvalue weighted by Gasteiger charge is -2.34. The van der Waals surface area contributed by atoms with Gasteiger partial charge in [-0.15, -0.1) is 0 Å². The van der Waals surface area contributed by atoms with E-state index >= 15 is 0 Å². The molecular weight excluding hydrogens is 258 g/mol. The summed E-state index contributed by atoms with van der Waals surface area (Å²) in [6, 6.07) is -0.430. The highest BCUT2D eigenvalue weighted by atomic mass is 16.2. The highest BCUT2D eigenvalue weighted by Crippen LogP contribution is 2.13. The van der Waals surface area contributed by atoms with Crippen LogP contribution in [0.4, 0.5) is 5.82 Å². The van der Waals surface area contributed by atoms with Crippen molar-refractivity contribution in [3.63, 3.8) is 0 Å². The fraction of sp³-hybridized carbons (Fsp3) is 0.538. The monoisotopic (exact) mass is 277 g/mol. The maximum absolute atomic E-state index is 12.5. The van der Waals surface area contributed by atoms with Gasteiger partial charge >= 0.3 is 0 Å². The Morgan fingerprint density at radius 2 is 2.30 bits per heavy atom. The van der Waals surface area contributed by atoms with E-state index in [1.807, 2.05) is 13.8 Å². The summed E-state index contributed by atoms with van der Waals surface area (Å²) in [4.78, 5) is 34.1. The summed E-state index contributed by atoms with van der Waals surface area (Å²) in [6.07, 6.45) is 3.58. The van der Waals surface area contributed by atoms with Gasteiger partial charge in [0.25, 0.3) is 5.91 Å². The molecule has 1 unspecified atom stereocenters. The van der Waals surface area contributed by atoms with Crippen LogP contribution in [0.2, 0.25) is 0 Å². The van der Waals surface area contributed by atoms with E-state index in [0.29, 0.717) is 31.9 Å². The molecule has 2 heterocycles. The van der Waals surface area contributed by atoms with E-state index in [2.05, 4.69) is 20.6 Å². The van der Waals surface area contributed by atoms with Crippen molar-refractivity contribution in [2.24, 2.45) is 0 Å². The fourth-order valence-corrected chi connectivity index (χ4v) is 2.25. The average molecular weight is 277 g/mol. The minimum absolute atomic E-state index is 0.108. The average Bonchev–Trinajstić information content (AvgIpc) is 2.47. The Bertz CT molecular complexity index is 505. The third kappa shape index (κ3) is 2.87. The van der Waals surface area contributed by atoms with Gasteiger partial charge in [-0.1, -0.05) is 6.92 Å². The quantitative estimate of drug-likeness (QED) is 0.824. The van der Waals surface area contributed by atoms with Crippen LogP contribution in [0.25, 0.3) is 0 Å². The van der Waals surface area contributed by atoms with Gasteiger partial charge in [-0.05, 0) is 13.3 Å². The van der Waals surface area contributed by atoms with Crippen molar-refractivity contribution in [2.45, 2.75) is 26.3 Å². The molecule has 0 radical (unpaired) electrons. The smallest absolute Gasteiger partial charge is 0.274 e. The molecule has 0 saturated carbocycles. The number of rotatable bonds is 4. The first-order valence-electron chi connectivity index (χ1n) is 6.82. The van der Waals surface area contributed by atoms with Gasteiger partial charge in [0.15, 0.2) is 0 Å². The molecule has 2 N–H and O–H groups in total. The van der Waals surface area contributed by atoms with Crippen LogP contribution in [-0.2, 0) is 4.79 Å². The summed E-state index contributed by atoms with van der Waals surface area (Å²) >= 11 is 0. The Morgan fingerprint density at radius 3 is 3.00 bits per heavy atom. The Balaban J connectivity index is 2.21. The molecule has 1 aliphatic rings. The molecule has 1 aliphatic heterocycles. The lowest BCUT2D eigenvalue weighted by atomic mass is 10.1. The third-order valence-corrected chi connectivity index (χ3v) is 3.19. The molecule has 2 amide bonds. The van der Waals surface area contributed by atoms with E-state index in [9.17, 15) is 9.59 Å². The molecule has 1 saturated heterocycles. The number of hydrogen-bond donors (Lipinski definition) is 2. The SMILES string of the molecule is CCNc1cncc(C(=O)N2CCNC(=O)C2CC)n1. The lowest BCUT2D eigenvalue weighted by molar-refractivity contribution is -0.127. The molecule has 1 atom stereocenters. The fourth-order valence-electron chi connectivity index (χ4n) is 2.25. The van der Waals surface area contributed by atoms with Crippen molar-refractivity contribution in [1.29, 1.82) is 0 Å². The molecule has 7 heteroatoms. The van der Waals surface area contributed by atoms with Gasteiger partial charge in [0.05, 0.1) is 12.4 Å². The molecule has 7 nitrogen and oxygen atoms in total. The molecule has 0 aliphatic carbocycles. The molecule has 1 fully saturated rings. The van der Waals surface area contributed by atoms with E-state index < -0.39 is 6.04 Å². The zero-order valence-corrected chi connectivity index (χ0v) is 11.7. The van der Waals surface area contributed by atoms with Crippen LogP contribution in [0.1, 0.15) is 30.8 Å². The van der Waals surface area contributed by atoms with E-state index in [1.54, 1.807) is 11.1 Å². The van der Waals surface area contributed by atoms with Gasteiger partial charge < -0.3 is 15.5 Å². The van der Waals surface area contributed by atoms with E-state index in [-0.39, 0.29) is 17.5 Å². The maximum Gasteiger partial charge on any atom is 0.274 e. The van der Waals surface area contributed by atoms with Gasteiger partial charge in [0.2, 0.25) is 5.91 Å². The molecule has 1 aromatic rings. The van der Waals surface area contributed by atoms with Crippen molar-refractivity contribution in [3.8, 4) is 0 Å². The predicted molar refractivity (Wildman–Crippen MR) is 74.3 cm³/mol. The maximum atomic E-state index is 12.5. The van der Waals surface area contributed by atoms with Crippen LogP contribution >= 0.6 is 0 Å². The zero-order valence-electron chi connectivity index (χ0n) is 11.7. The van der Waals surface area contributed by atoms with Crippen LogP contribution < -0.4 is 10.6 Å². The number of aromatic nitrogens is 2. The molecule has 2 rings (SSSR count). The van der Waals surface area contributed by atoms with Crippen LogP contribution in [0.15, 0.2) is 12.4 Å². The number of nitrogens with one attached hydrogen (secondary N) is 2. The highest BCUT2D eigenvalue weighted by Gasteiger charge is 2.32. The largest absolute Gasteiger partial charge is 0.369 e. The summed E-state index contributed by atoms with van der Waals surface area (Å²) < 4.78 is 0. The Labute approximate surface area is 117 Å². The zero-order chi connectivity index (χ0) is 14.5. The van der Waals surface area contributed by atoms with E-state index in [1.165, 1.54) is 6.20 Å². The molecule has 1 aromatic heterocycles. The van der Waals surface area contributed by atoms with Crippen molar-refractivity contribution < 1.29 is 9.59 Å². The first-order valence-corrected chi connectivity index (χ1v) is 6.82. The van der Waals surface area contributed by atoms with Crippen LogP contribution in [0.5, 0.6) is 0 Å². The number of carbonyl (C=O) groups excluding carboxylic acids is 2. The van der Waals surface area contributed by atoms with E-state index in [0.717, 1.165) is 0 Å². The third-order valence-electron chi connectivity index (χ3n) is 3.19. The Kier molecular flexibility index (Phi) is 4.49. The Hall–Kier alpha value is -2.18. The van der Waals surface area contributed by atoms with Crippen molar-refractivity contribution in [1.82, 2.24) is 20.2 Å². The number of piperazine rings is 1. The number of anilines is 1. The second-order valence-corrected chi connectivity index (χ2v) is 4.53. The number of carbonyl (C=O) groups is 2. The molecule has 108 valence electrons. The first-order chi connectivity index (χ1) is 9.67. The van der Waals surface area contributed by atoms with Crippen LogP contribution in [0, 0.1) is 0 Å². The lowest BCUT2D eigenvalue weighted by Crippen LogP contribution is -2.57.